The van der Waals surface area contributed by atoms with E-state index >= 15 is 0 Å². The van der Waals surface area contributed by atoms with Gasteiger partial charge in [0, 0.05) is 17.4 Å². The summed E-state index contributed by atoms with van der Waals surface area (Å²) >= 11 is 3.61. The van der Waals surface area contributed by atoms with Crippen molar-refractivity contribution < 1.29 is 4.74 Å². The number of hydrogen-bond acceptors (Lipinski definition) is 1. The van der Waals surface area contributed by atoms with Crippen LogP contribution in [0.3, 0.4) is 0 Å². The van der Waals surface area contributed by atoms with Gasteiger partial charge in [-0.05, 0) is 18.3 Å². The second kappa shape index (κ2) is 3.67. The minimum Gasteiger partial charge on any atom is -0.381 e. The molecule has 0 aromatic carbocycles. The van der Waals surface area contributed by atoms with E-state index in [1.54, 1.807) is 0 Å². The van der Waals surface area contributed by atoms with Crippen molar-refractivity contribution in [2.75, 3.05) is 18.5 Å². The smallest absolute Gasteiger partial charge is 0.0531 e. The van der Waals surface area contributed by atoms with E-state index in [0.717, 1.165) is 18.5 Å². The highest BCUT2D eigenvalue weighted by Gasteiger charge is 2.37. The summed E-state index contributed by atoms with van der Waals surface area (Å²) in [5.41, 5.74) is 0.833. The van der Waals surface area contributed by atoms with E-state index in [0.29, 0.717) is 10.8 Å². The SMILES string of the molecule is CC(C)(C)CC1(CBr)CCOC1. The Labute approximate surface area is 84.0 Å². The number of hydrogen-bond donors (Lipinski definition) is 0. The molecule has 0 bridgehead atoms. The summed E-state index contributed by atoms with van der Waals surface area (Å²) in [6, 6.07) is 0. The Kier molecular flexibility index (Phi) is 3.21. The van der Waals surface area contributed by atoms with Gasteiger partial charge in [0.05, 0.1) is 6.61 Å². The van der Waals surface area contributed by atoms with Gasteiger partial charge in [0.25, 0.3) is 0 Å². The fourth-order valence-corrected chi connectivity index (χ4v) is 2.71. The average molecular weight is 235 g/mol. The molecule has 0 radical (unpaired) electrons. The lowest BCUT2D eigenvalue weighted by Crippen LogP contribution is -2.28. The standard InChI is InChI=1S/C10H19BrO/c1-9(2,3)6-10(7-11)4-5-12-8-10/h4-8H2,1-3H3. The first kappa shape index (κ1) is 10.5. The molecule has 1 rings (SSSR count). The lowest BCUT2D eigenvalue weighted by atomic mass is 9.75. The van der Waals surface area contributed by atoms with E-state index in [1.165, 1.54) is 12.8 Å². The third-order valence-corrected chi connectivity index (χ3v) is 3.56. The average Bonchev–Trinajstić information content (AvgIpc) is 2.34. The van der Waals surface area contributed by atoms with Gasteiger partial charge < -0.3 is 4.74 Å². The topological polar surface area (TPSA) is 9.23 Å². The van der Waals surface area contributed by atoms with Crippen LogP contribution in [0.2, 0.25) is 0 Å². The van der Waals surface area contributed by atoms with Gasteiger partial charge in [-0.25, -0.2) is 0 Å². The quantitative estimate of drug-likeness (QED) is 0.668. The second-order valence-corrected chi connectivity index (χ2v) is 5.73. The molecule has 1 fully saturated rings. The van der Waals surface area contributed by atoms with Gasteiger partial charge in [0.1, 0.15) is 0 Å². The normalized spacial score (nSPS) is 31.0. The van der Waals surface area contributed by atoms with Crippen molar-refractivity contribution in [2.24, 2.45) is 10.8 Å². The van der Waals surface area contributed by atoms with Crippen LogP contribution in [0.5, 0.6) is 0 Å². The van der Waals surface area contributed by atoms with Crippen molar-refractivity contribution in [3.63, 3.8) is 0 Å². The maximum atomic E-state index is 5.47. The lowest BCUT2D eigenvalue weighted by Gasteiger charge is -2.32. The summed E-state index contributed by atoms with van der Waals surface area (Å²) in [6.45, 7) is 8.79. The molecule has 0 aliphatic carbocycles. The van der Waals surface area contributed by atoms with Gasteiger partial charge in [-0.15, -0.1) is 0 Å². The van der Waals surface area contributed by atoms with Crippen LogP contribution in [0.15, 0.2) is 0 Å². The Bertz CT molecular complexity index is 142. The third kappa shape index (κ3) is 2.74. The van der Waals surface area contributed by atoms with Gasteiger partial charge in [-0.2, -0.15) is 0 Å². The van der Waals surface area contributed by atoms with Crippen LogP contribution in [0.25, 0.3) is 0 Å². The Morgan fingerprint density at radius 2 is 2.08 bits per heavy atom. The van der Waals surface area contributed by atoms with Crippen molar-refractivity contribution in [2.45, 2.75) is 33.6 Å². The lowest BCUT2D eigenvalue weighted by molar-refractivity contribution is 0.133. The number of alkyl halides is 1. The first-order chi connectivity index (χ1) is 5.47. The molecule has 1 nitrogen and oxygen atoms in total. The number of rotatable bonds is 2. The minimum absolute atomic E-state index is 0.415. The van der Waals surface area contributed by atoms with Crippen molar-refractivity contribution in [1.29, 1.82) is 0 Å². The van der Waals surface area contributed by atoms with Gasteiger partial charge >= 0.3 is 0 Å². The fraction of sp³-hybridized carbons (Fsp3) is 1.00. The minimum atomic E-state index is 0.415. The Morgan fingerprint density at radius 3 is 2.42 bits per heavy atom. The molecule has 2 heteroatoms. The van der Waals surface area contributed by atoms with E-state index in [-0.39, 0.29) is 0 Å². The molecule has 1 saturated heterocycles. The molecule has 1 heterocycles. The molecular formula is C10H19BrO. The van der Waals surface area contributed by atoms with Gasteiger partial charge in [0.15, 0.2) is 0 Å². The predicted octanol–water partition coefficient (Wildman–Crippen LogP) is 3.22. The molecule has 1 atom stereocenters. The zero-order valence-electron chi connectivity index (χ0n) is 8.32. The van der Waals surface area contributed by atoms with Crippen LogP contribution < -0.4 is 0 Å². The van der Waals surface area contributed by atoms with Crippen LogP contribution in [0.4, 0.5) is 0 Å². The maximum absolute atomic E-state index is 5.47. The number of halogens is 1. The first-order valence-corrected chi connectivity index (χ1v) is 5.73. The molecule has 12 heavy (non-hydrogen) atoms. The molecule has 1 aliphatic rings. The molecule has 72 valence electrons. The third-order valence-electron chi connectivity index (χ3n) is 2.37. The first-order valence-electron chi connectivity index (χ1n) is 4.61. The van der Waals surface area contributed by atoms with Crippen LogP contribution in [0.1, 0.15) is 33.6 Å². The highest BCUT2D eigenvalue weighted by molar-refractivity contribution is 9.09. The molecule has 0 aromatic heterocycles. The van der Waals surface area contributed by atoms with Crippen molar-refractivity contribution in [3.05, 3.63) is 0 Å². The molecule has 0 aromatic rings. The predicted molar refractivity (Wildman–Crippen MR) is 55.7 cm³/mol. The summed E-state index contributed by atoms with van der Waals surface area (Å²) in [5.74, 6) is 0. The van der Waals surface area contributed by atoms with Crippen LogP contribution >= 0.6 is 15.9 Å². The van der Waals surface area contributed by atoms with Crippen LogP contribution in [0, 0.1) is 10.8 Å². The van der Waals surface area contributed by atoms with Crippen LogP contribution in [-0.4, -0.2) is 18.5 Å². The molecular weight excluding hydrogens is 216 g/mol. The van der Waals surface area contributed by atoms with E-state index in [4.69, 9.17) is 4.74 Å². The summed E-state index contributed by atoms with van der Waals surface area (Å²) in [6.07, 6.45) is 2.47. The summed E-state index contributed by atoms with van der Waals surface area (Å²) in [7, 11) is 0. The van der Waals surface area contributed by atoms with Gasteiger partial charge in [-0.3, -0.25) is 0 Å². The van der Waals surface area contributed by atoms with Crippen LogP contribution in [-0.2, 0) is 4.74 Å². The Hall–Kier alpha value is 0.440. The van der Waals surface area contributed by atoms with E-state index in [9.17, 15) is 0 Å². The molecule has 0 N–H and O–H groups in total. The highest BCUT2D eigenvalue weighted by atomic mass is 79.9. The Balaban J connectivity index is 2.55. The molecule has 0 spiro atoms. The van der Waals surface area contributed by atoms with Crippen molar-refractivity contribution in [3.8, 4) is 0 Å². The maximum Gasteiger partial charge on any atom is 0.0531 e. The van der Waals surface area contributed by atoms with Crippen molar-refractivity contribution in [1.82, 2.24) is 0 Å². The Morgan fingerprint density at radius 1 is 1.42 bits per heavy atom. The van der Waals surface area contributed by atoms with Gasteiger partial charge in [0.2, 0.25) is 0 Å². The second-order valence-electron chi connectivity index (χ2n) is 5.17. The summed E-state index contributed by atoms with van der Waals surface area (Å²) < 4.78 is 5.47. The molecule has 1 aliphatic heterocycles. The van der Waals surface area contributed by atoms with Crippen molar-refractivity contribution >= 4 is 15.9 Å². The van der Waals surface area contributed by atoms with Gasteiger partial charge in [-0.1, -0.05) is 36.7 Å². The largest absolute Gasteiger partial charge is 0.381 e. The summed E-state index contributed by atoms with van der Waals surface area (Å²) in [5, 5.41) is 1.08. The summed E-state index contributed by atoms with van der Waals surface area (Å²) in [4.78, 5) is 0. The number of ether oxygens (including phenoxy) is 1. The highest BCUT2D eigenvalue weighted by Crippen LogP contribution is 2.41. The van der Waals surface area contributed by atoms with E-state index in [1.807, 2.05) is 0 Å². The molecule has 0 amide bonds. The zero-order valence-corrected chi connectivity index (χ0v) is 9.91. The fourth-order valence-electron chi connectivity index (χ4n) is 2.07. The molecule has 0 saturated carbocycles. The molecule has 1 unspecified atom stereocenters. The monoisotopic (exact) mass is 234 g/mol. The van der Waals surface area contributed by atoms with E-state index in [2.05, 4.69) is 36.7 Å². The van der Waals surface area contributed by atoms with E-state index < -0.39 is 0 Å². The zero-order chi connectivity index (χ0) is 9.24.